The van der Waals surface area contributed by atoms with E-state index >= 15 is 0 Å². The number of rotatable bonds is 4. The normalized spacial score (nSPS) is 16.2. The Kier molecular flexibility index (Phi) is 6.39. The van der Waals surface area contributed by atoms with Crippen LogP contribution in [0.2, 0.25) is 0 Å². The van der Waals surface area contributed by atoms with Gasteiger partial charge >= 0.3 is 0 Å². The first kappa shape index (κ1) is 23.5. The van der Waals surface area contributed by atoms with E-state index in [0.717, 1.165) is 10.9 Å². The van der Waals surface area contributed by atoms with Gasteiger partial charge in [-0.1, -0.05) is 45.0 Å². The molecule has 4 rings (SSSR count). The van der Waals surface area contributed by atoms with Gasteiger partial charge in [-0.05, 0) is 29.2 Å². The number of halogens is 1. The largest absolute Gasteiger partial charge is 0.375 e. The zero-order valence-electron chi connectivity index (χ0n) is 19.3. The molecule has 1 radical (unpaired) electrons. The van der Waals surface area contributed by atoms with Gasteiger partial charge in [0.15, 0.2) is 0 Å². The summed E-state index contributed by atoms with van der Waals surface area (Å²) >= 11 is 0. The Morgan fingerprint density at radius 3 is 2.48 bits per heavy atom. The molecule has 0 atom stereocenters. The molecule has 2 N–H and O–H groups in total. The number of H-pyrrole nitrogens is 1. The molecule has 1 aliphatic heterocycles. The van der Waals surface area contributed by atoms with E-state index in [9.17, 15) is 18.9 Å². The average Bonchev–Trinajstić information content (AvgIpc) is 2.76. The third-order valence-electron chi connectivity index (χ3n) is 6.12. The Morgan fingerprint density at radius 2 is 1.82 bits per heavy atom. The standard InChI is InChI=1S/C25H30FN3O3P/c1-25(2,3)16-23(30)29-10-12-33(32,13-11-29)22-15-17(8-9-20(22)26)14-21-18-6-4-5-7-19(18)24(31)28-27-21/h4-9,15,32H,10-14,16H2,1-3H3,(H,28,31). The summed E-state index contributed by atoms with van der Waals surface area (Å²) in [5.74, 6) is -0.331. The van der Waals surface area contributed by atoms with E-state index in [1.807, 2.05) is 32.9 Å². The first-order chi connectivity index (χ1) is 15.6. The molecule has 2 aromatic carbocycles. The van der Waals surface area contributed by atoms with E-state index in [4.69, 9.17) is 0 Å². The molecule has 1 aliphatic rings. The van der Waals surface area contributed by atoms with Crippen molar-refractivity contribution in [3.05, 3.63) is 69.9 Å². The topological polar surface area (TPSA) is 86.3 Å². The summed E-state index contributed by atoms with van der Waals surface area (Å²) in [6.07, 6.45) is 1.64. The second kappa shape index (κ2) is 8.96. The van der Waals surface area contributed by atoms with Crippen molar-refractivity contribution in [2.45, 2.75) is 33.6 Å². The van der Waals surface area contributed by atoms with E-state index in [-0.39, 0.29) is 16.9 Å². The lowest BCUT2D eigenvalue weighted by Crippen LogP contribution is -2.44. The van der Waals surface area contributed by atoms with Crippen molar-refractivity contribution in [1.29, 1.82) is 0 Å². The van der Waals surface area contributed by atoms with Crippen LogP contribution in [0, 0.1) is 11.2 Å². The zero-order valence-corrected chi connectivity index (χ0v) is 20.2. The average molecular weight is 471 g/mol. The van der Waals surface area contributed by atoms with Gasteiger partial charge in [-0.15, -0.1) is 0 Å². The van der Waals surface area contributed by atoms with E-state index in [1.54, 1.807) is 29.2 Å². The second-order valence-corrected chi connectivity index (χ2v) is 13.2. The van der Waals surface area contributed by atoms with Gasteiger partial charge < -0.3 is 9.79 Å². The molecule has 6 nitrogen and oxygen atoms in total. The Balaban J connectivity index is 1.56. The van der Waals surface area contributed by atoms with Crippen molar-refractivity contribution in [3.63, 3.8) is 0 Å². The minimum atomic E-state index is -2.72. The molecule has 1 saturated heterocycles. The van der Waals surface area contributed by atoms with Crippen molar-refractivity contribution in [2.24, 2.45) is 5.41 Å². The van der Waals surface area contributed by atoms with Gasteiger partial charge in [0.05, 0.1) is 11.1 Å². The number of carbonyl (C=O) groups is 1. The van der Waals surface area contributed by atoms with Crippen LogP contribution in [-0.4, -0.2) is 51.3 Å². The molecule has 1 amide bonds. The van der Waals surface area contributed by atoms with E-state index in [1.165, 1.54) is 6.07 Å². The van der Waals surface area contributed by atoms with Crippen molar-refractivity contribution >= 4 is 29.5 Å². The fourth-order valence-electron chi connectivity index (χ4n) is 4.34. The molecule has 1 aromatic heterocycles. The van der Waals surface area contributed by atoms with Gasteiger partial charge in [-0.25, -0.2) is 9.49 Å². The lowest BCUT2D eigenvalue weighted by molar-refractivity contribution is -0.132. The quantitative estimate of drug-likeness (QED) is 0.572. The molecule has 33 heavy (non-hydrogen) atoms. The van der Waals surface area contributed by atoms with Crippen molar-refractivity contribution in [1.82, 2.24) is 15.1 Å². The fraction of sp³-hybridized carbons (Fsp3) is 0.400. The van der Waals surface area contributed by atoms with Crippen LogP contribution in [0.5, 0.6) is 0 Å². The highest BCUT2D eigenvalue weighted by Crippen LogP contribution is 2.55. The van der Waals surface area contributed by atoms with Crippen LogP contribution in [-0.2, 0) is 11.2 Å². The number of aromatic nitrogens is 2. The molecule has 0 bridgehead atoms. The number of hydrogen-bond acceptors (Lipinski definition) is 4. The molecular formula is C25H30FN3O3P. The summed E-state index contributed by atoms with van der Waals surface area (Å²) < 4.78 is 14.8. The lowest BCUT2D eigenvalue weighted by Gasteiger charge is -2.40. The number of carbonyl (C=O) groups excluding carboxylic acids is 1. The molecule has 8 heteroatoms. The highest BCUT2D eigenvalue weighted by atomic mass is 31.2. The predicted molar refractivity (Wildman–Crippen MR) is 131 cm³/mol. The van der Waals surface area contributed by atoms with Crippen molar-refractivity contribution < 1.29 is 14.1 Å². The first-order valence-corrected chi connectivity index (χ1v) is 13.3. The summed E-state index contributed by atoms with van der Waals surface area (Å²) in [5.41, 5.74) is 1.16. The Morgan fingerprint density at radius 1 is 1.15 bits per heavy atom. The summed E-state index contributed by atoms with van der Waals surface area (Å²) in [6.45, 7) is 6.96. The third-order valence-corrected chi connectivity index (χ3v) is 9.24. The molecule has 2 heterocycles. The molecule has 3 aromatic rings. The monoisotopic (exact) mass is 470 g/mol. The summed E-state index contributed by atoms with van der Waals surface area (Å²) in [7, 11) is -2.72. The highest BCUT2D eigenvalue weighted by molar-refractivity contribution is 7.77. The zero-order chi connectivity index (χ0) is 23.8. The molecule has 175 valence electrons. The van der Waals surface area contributed by atoms with Gasteiger partial charge in [0.25, 0.3) is 5.56 Å². The van der Waals surface area contributed by atoms with Crippen LogP contribution in [0.15, 0.2) is 47.3 Å². The minimum Gasteiger partial charge on any atom is -0.375 e. The number of fused-ring (bicyclic) bond motifs is 1. The number of hydrogen-bond donors (Lipinski definition) is 2. The number of nitrogens with one attached hydrogen (secondary N) is 1. The van der Waals surface area contributed by atoms with Gasteiger partial charge in [0, 0.05) is 56.4 Å². The van der Waals surface area contributed by atoms with Crippen molar-refractivity contribution in [3.8, 4) is 0 Å². The van der Waals surface area contributed by atoms with Crippen LogP contribution >= 0.6 is 7.49 Å². The molecule has 1 fully saturated rings. The SMILES string of the molecule is CC(C)(C)CC(=O)N1CC[P](O)(c2cc(Cc3n[nH]c(=O)c4ccccc34)ccc2F)CC1. The van der Waals surface area contributed by atoms with Gasteiger partial charge in [0.1, 0.15) is 5.82 Å². The van der Waals surface area contributed by atoms with Crippen LogP contribution in [0.25, 0.3) is 10.8 Å². The van der Waals surface area contributed by atoms with Crippen LogP contribution < -0.4 is 10.9 Å². The number of benzene rings is 2. The maximum absolute atomic E-state index is 14.8. The van der Waals surface area contributed by atoms with E-state index in [2.05, 4.69) is 10.2 Å². The van der Waals surface area contributed by atoms with Gasteiger partial charge in [-0.2, -0.15) is 5.10 Å². The molecule has 0 aliphatic carbocycles. The lowest BCUT2D eigenvalue weighted by atomic mass is 9.91. The maximum Gasteiger partial charge on any atom is 0.272 e. The molecule has 0 saturated carbocycles. The summed E-state index contributed by atoms with van der Waals surface area (Å²) in [4.78, 5) is 37.8. The number of amides is 1. The summed E-state index contributed by atoms with van der Waals surface area (Å²) in [6, 6.07) is 12.1. The van der Waals surface area contributed by atoms with E-state index < -0.39 is 13.3 Å². The van der Waals surface area contributed by atoms with E-state index in [0.29, 0.717) is 54.6 Å². The Bertz CT molecular complexity index is 1240. The predicted octanol–water partition coefficient (Wildman–Crippen LogP) is 3.48. The molecule has 0 unspecified atom stereocenters. The van der Waals surface area contributed by atoms with Crippen molar-refractivity contribution in [2.75, 3.05) is 25.4 Å². The van der Waals surface area contributed by atoms with Gasteiger partial charge in [0.2, 0.25) is 5.91 Å². The minimum absolute atomic E-state index is 0.0824. The maximum atomic E-state index is 14.8. The van der Waals surface area contributed by atoms with Gasteiger partial charge in [-0.3, -0.25) is 9.59 Å². The number of nitrogens with zero attached hydrogens (tertiary/aromatic N) is 2. The smallest absolute Gasteiger partial charge is 0.272 e. The fourth-order valence-corrected chi connectivity index (χ4v) is 7.07. The van der Waals surface area contributed by atoms with Crippen LogP contribution in [0.1, 0.15) is 38.4 Å². The third kappa shape index (κ3) is 5.15. The Labute approximate surface area is 193 Å². The second-order valence-electron chi connectivity index (χ2n) is 10.00. The van der Waals surface area contributed by atoms with Crippen LogP contribution in [0.3, 0.4) is 0 Å². The van der Waals surface area contributed by atoms with Crippen LogP contribution in [0.4, 0.5) is 4.39 Å². The number of aromatic amines is 1. The highest BCUT2D eigenvalue weighted by Gasteiger charge is 2.36. The first-order valence-electron chi connectivity index (χ1n) is 11.2. The summed E-state index contributed by atoms with van der Waals surface area (Å²) in [5, 5.41) is 8.42. The Hall–Kier alpha value is -2.63. The molecular weight excluding hydrogens is 440 g/mol. The molecule has 0 spiro atoms.